The van der Waals surface area contributed by atoms with Gasteiger partial charge in [-0.25, -0.2) is 0 Å². The molecule has 6 nitrogen and oxygen atoms in total. The zero-order valence-corrected chi connectivity index (χ0v) is 12.6. The first kappa shape index (κ1) is 15.0. The average Bonchev–Trinajstić information content (AvgIpc) is 2.41. The molecule has 7 heteroatoms. The third kappa shape index (κ3) is 3.38. The number of nitrogens with zero attached hydrogens (tertiary/aromatic N) is 1. The maximum Gasteiger partial charge on any atom is 0.312 e. The smallest absolute Gasteiger partial charge is 0.312 e. The number of amides is 1. The summed E-state index contributed by atoms with van der Waals surface area (Å²) in [5.74, 6) is -0.258. The van der Waals surface area contributed by atoms with E-state index in [0.29, 0.717) is 10.2 Å². The van der Waals surface area contributed by atoms with Crippen LogP contribution in [-0.2, 0) is 0 Å². The second kappa shape index (κ2) is 5.92. The highest BCUT2D eigenvalue weighted by Crippen LogP contribution is 2.35. The number of carbonyl (C=O) groups excluding carboxylic acids is 1. The molecule has 0 spiro atoms. The van der Waals surface area contributed by atoms with E-state index < -0.39 is 10.8 Å². The largest absolute Gasteiger partial charge is 0.449 e. The van der Waals surface area contributed by atoms with Crippen molar-refractivity contribution < 1.29 is 14.5 Å². The average molecular weight is 351 g/mol. The Balaban J connectivity index is 2.44. The number of nitro groups is 1. The molecule has 0 saturated carbocycles. The third-order valence-electron chi connectivity index (χ3n) is 2.75. The van der Waals surface area contributed by atoms with E-state index in [4.69, 9.17) is 10.5 Å². The highest BCUT2D eigenvalue weighted by atomic mass is 79.9. The van der Waals surface area contributed by atoms with Crippen molar-refractivity contribution in [3.05, 3.63) is 62.1 Å². The molecule has 1 amide bonds. The van der Waals surface area contributed by atoms with Crippen molar-refractivity contribution in [3.63, 3.8) is 0 Å². The zero-order valence-electron chi connectivity index (χ0n) is 11.0. The molecular formula is C14H11BrN2O4. The van der Waals surface area contributed by atoms with E-state index in [1.54, 1.807) is 6.07 Å². The molecule has 0 fully saturated rings. The monoisotopic (exact) mass is 350 g/mol. The van der Waals surface area contributed by atoms with E-state index in [1.165, 1.54) is 12.1 Å². The molecule has 0 heterocycles. The number of hydrogen-bond acceptors (Lipinski definition) is 4. The van der Waals surface area contributed by atoms with E-state index >= 15 is 0 Å². The van der Waals surface area contributed by atoms with Gasteiger partial charge in [0.25, 0.3) is 0 Å². The standard InChI is InChI=1S/C14H11BrN2O4/c1-8-2-4-12(10(15)6-8)21-13-5-3-9(14(16)18)7-11(13)17(19)20/h2-7H,1H3,(H2,16,18). The molecule has 0 aliphatic heterocycles. The lowest BCUT2D eigenvalue weighted by Gasteiger charge is -2.09. The first-order valence-electron chi connectivity index (χ1n) is 5.90. The Bertz CT molecular complexity index is 731. The van der Waals surface area contributed by atoms with E-state index in [9.17, 15) is 14.9 Å². The molecule has 2 aromatic carbocycles. The summed E-state index contributed by atoms with van der Waals surface area (Å²) in [4.78, 5) is 21.6. The Hall–Kier alpha value is -2.41. The number of aryl methyl sites for hydroxylation is 1. The molecule has 0 aromatic heterocycles. The first-order chi connectivity index (χ1) is 9.88. The van der Waals surface area contributed by atoms with Crippen LogP contribution < -0.4 is 10.5 Å². The van der Waals surface area contributed by atoms with Gasteiger partial charge in [-0.1, -0.05) is 6.07 Å². The zero-order chi connectivity index (χ0) is 15.6. The second-order valence-electron chi connectivity index (χ2n) is 4.34. The quantitative estimate of drug-likeness (QED) is 0.673. The first-order valence-corrected chi connectivity index (χ1v) is 6.70. The minimum Gasteiger partial charge on any atom is -0.449 e. The van der Waals surface area contributed by atoms with Gasteiger partial charge < -0.3 is 10.5 Å². The van der Waals surface area contributed by atoms with Gasteiger partial charge in [-0.05, 0) is 52.7 Å². The lowest BCUT2D eigenvalue weighted by Crippen LogP contribution is -2.11. The maximum absolute atomic E-state index is 11.1. The summed E-state index contributed by atoms with van der Waals surface area (Å²) in [5, 5.41) is 11.1. The molecule has 2 rings (SSSR count). The van der Waals surface area contributed by atoms with Gasteiger partial charge in [0.1, 0.15) is 5.75 Å². The Morgan fingerprint density at radius 3 is 2.48 bits per heavy atom. The number of nitro benzene ring substituents is 1. The number of hydrogen-bond donors (Lipinski definition) is 1. The van der Waals surface area contributed by atoms with Gasteiger partial charge in [0, 0.05) is 11.6 Å². The van der Waals surface area contributed by atoms with Crippen LogP contribution in [-0.4, -0.2) is 10.8 Å². The number of carbonyl (C=O) groups is 1. The van der Waals surface area contributed by atoms with E-state index in [0.717, 1.165) is 11.6 Å². The molecule has 0 aliphatic carbocycles. The summed E-state index contributed by atoms with van der Waals surface area (Å²) >= 11 is 3.33. The topological polar surface area (TPSA) is 95.5 Å². The normalized spacial score (nSPS) is 10.2. The highest BCUT2D eigenvalue weighted by molar-refractivity contribution is 9.10. The van der Waals surface area contributed by atoms with Crippen LogP contribution in [0.1, 0.15) is 15.9 Å². The van der Waals surface area contributed by atoms with Gasteiger partial charge in [0.15, 0.2) is 0 Å². The molecule has 2 aromatic rings. The summed E-state index contributed by atoms with van der Waals surface area (Å²) in [6.45, 7) is 1.92. The molecule has 0 saturated heterocycles. The molecule has 21 heavy (non-hydrogen) atoms. The predicted octanol–water partition coefficient (Wildman–Crippen LogP) is 3.56. The molecule has 2 N–H and O–H groups in total. The maximum atomic E-state index is 11.1. The summed E-state index contributed by atoms with van der Waals surface area (Å²) < 4.78 is 6.23. The molecule has 0 unspecified atom stereocenters. The molecule has 0 atom stereocenters. The van der Waals surface area contributed by atoms with Crippen molar-refractivity contribution in [3.8, 4) is 11.5 Å². The van der Waals surface area contributed by atoms with Gasteiger partial charge in [0.05, 0.1) is 9.40 Å². The van der Waals surface area contributed by atoms with E-state index in [2.05, 4.69) is 15.9 Å². The number of ether oxygens (including phenoxy) is 1. The molecule has 0 radical (unpaired) electrons. The number of halogens is 1. The number of primary amides is 1. The Labute approximate surface area is 128 Å². The number of nitrogens with two attached hydrogens (primary N) is 1. The molecular weight excluding hydrogens is 340 g/mol. The fourth-order valence-electron chi connectivity index (χ4n) is 1.71. The SMILES string of the molecule is Cc1ccc(Oc2ccc(C(N)=O)cc2[N+](=O)[O-])c(Br)c1. The van der Waals surface area contributed by atoms with Gasteiger partial charge in [-0.15, -0.1) is 0 Å². The molecule has 108 valence electrons. The van der Waals surface area contributed by atoms with Gasteiger partial charge in [-0.2, -0.15) is 0 Å². The van der Waals surface area contributed by atoms with Crippen molar-refractivity contribution in [1.82, 2.24) is 0 Å². The van der Waals surface area contributed by atoms with E-state index in [1.807, 2.05) is 19.1 Å². The van der Waals surface area contributed by atoms with Crippen LogP contribution in [0.4, 0.5) is 5.69 Å². The van der Waals surface area contributed by atoms with Crippen LogP contribution in [0.5, 0.6) is 11.5 Å². The van der Waals surface area contributed by atoms with Gasteiger partial charge >= 0.3 is 5.69 Å². The lowest BCUT2D eigenvalue weighted by atomic mass is 10.2. The number of rotatable bonds is 4. The third-order valence-corrected chi connectivity index (χ3v) is 3.37. The summed E-state index contributed by atoms with van der Waals surface area (Å²) in [6.07, 6.45) is 0. The van der Waals surface area contributed by atoms with Gasteiger partial charge in [0.2, 0.25) is 11.7 Å². The summed E-state index contributed by atoms with van der Waals surface area (Å²) in [5.41, 5.74) is 5.87. The summed E-state index contributed by atoms with van der Waals surface area (Å²) in [7, 11) is 0. The van der Waals surface area contributed by atoms with Crippen molar-refractivity contribution in [2.24, 2.45) is 5.73 Å². The number of benzene rings is 2. The molecule has 0 bridgehead atoms. The minimum atomic E-state index is -0.735. The van der Waals surface area contributed by atoms with Crippen LogP contribution in [0.3, 0.4) is 0 Å². The van der Waals surface area contributed by atoms with Crippen molar-refractivity contribution >= 4 is 27.5 Å². The molecule has 0 aliphatic rings. The highest BCUT2D eigenvalue weighted by Gasteiger charge is 2.19. The van der Waals surface area contributed by atoms with Gasteiger partial charge in [-0.3, -0.25) is 14.9 Å². The second-order valence-corrected chi connectivity index (χ2v) is 5.19. The van der Waals surface area contributed by atoms with Crippen LogP contribution in [0.25, 0.3) is 0 Å². The van der Waals surface area contributed by atoms with Crippen LogP contribution in [0.15, 0.2) is 40.9 Å². The Morgan fingerprint density at radius 1 is 1.24 bits per heavy atom. The lowest BCUT2D eigenvalue weighted by molar-refractivity contribution is -0.385. The predicted molar refractivity (Wildman–Crippen MR) is 80.6 cm³/mol. The van der Waals surface area contributed by atoms with Crippen molar-refractivity contribution in [2.75, 3.05) is 0 Å². The van der Waals surface area contributed by atoms with Crippen molar-refractivity contribution in [2.45, 2.75) is 6.92 Å². The van der Waals surface area contributed by atoms with E-state index in [-0.39, 0.29) is 17.0 Å². The fourth-order valence-corrected chi connectivity index (χ4v) is 2.28. The minimum absolute atomic E-state index is 0.0366. The fraction of sp³-hybridized carbons (Fsp3) is 0.0714. The van der Waals surface area contributed by atoms with Crippen LogP contribution in [0.2, 0.25) is 0 Å². The van der Waals surface area contributed by atoms with Crippen LogP contribution in [0, 0.1) is 17.0 Å². The summed E-state index contributed by atoms with van der Waals surface area (Å²) in [6, 6.07) is 9.19. The van der Waals surface area contributed by atoms with Crippen molar-refractivity contribution in [1.29, 1.82) is 0 Å². The Morgan fingerprint density at radius 2 is 1.90 bits per heavy atom. The van der Waals surface area contributed by atoms with Crippen LogP contribution >= 0.6 is 15.9 Å². The Kier molecular flexibility index (Phi) is 4.23.